The van der Waals surface area contributed by atoms with Gasteiger partial charge < -0.3 is 10.6 Å². The average Bonchev–Trinajstić information content (AvgIpc) is 3.28. The van der Waals surface area contributed by atoms with Crippen LogP contribution in [-0.4, -0.2) is 37.4 Å². The molecule has 0 bridgehead atoms. The molecule has 8 nitrogen and oxygen atoms in total. The van der Waals surface area contributed by atoms with Crippen LogP contribution in [0.3, 0.4) is 0 Å². The molecule has 0 atom stereocenters. The van der Waals surface area contributed by atoms with Crippen molar-refractivity contribution in [1.82, 2.24) is 30.3 Å². The molecule has 0 spiro atoms. The number of anilines is 2. The number of halogens is 1. The first kappa shape index (κ1) is 18.0. The van der Waals surface area contributed by atoms with E-state index in [-0.39, 0.29) is 5.91 Å². The van der Waals surface area contributed by atoms with E-state index < -0.39 is 0 Å². The van der Waals surface area contributed by atoms with E-state index in [0.717, 1.165) is 22.2 Å². The molecule has 142 valence electrons. The molecule has 2 heterocycles. The van der Waals surface area contributed by atoms with Gasteiger partial charge in [0.2, 0.25) is 5.95 Å². The van der Waals surface area contributed by atoms with Crippen LogP contribution in [0.5, 0.6) is 0 Å². The zero-order valence-electron chi connectivity index (χ0n) is 15.3. The first-order chi connectivity index (χ1) is 13.5. The summed E-state index contributed by atoms with van der Waals surface area (Å²) in [5, 5.41) is 18.7. The highest BCUT2D eigenvalue weighted by Crippen LogP contribution is 2.26. The van der Waals surface area contributed by atoms with Crippen molar-refractivity contribution in [2.45, 2.75) is 6.92 Å². The number of rotatable bonds is 5. The lowest BCUT2D eigenvalue weighted by molar-refractivity contribution is 0.0956. The van der Waals surface area contributed by atoms with Gasteiger partial charge in [-0.05, 0) is 37.3 Å². The minimum atomic E-state index is -0.204. The molecule has 28 heavy (non-hydrogen) atoms. The van der Waals surface area contributed by atoms with Crippen LogP contribution in [-0.2, 0) is 7.05 Å². The molecule has 0 radical (unpaired) electrons. The van der Waals surface area contributed by atoms with Gasteiger partial charge in [0.25, 0.3) is 5.91 Å². The van der Waals surface area contributed by atoms with Gasteiger partial charge in [-0.2, -0.15) is 10.1 Å². The largest absolute Gasteiger partial charge is 0.352 e. The summed E-state index contributed by atoms with van der Waals surface area (Å²) in [6, 6.07) is 11.0. The van der Waals surface area contributed by atoms with Gasteiger partial charge in [-0.25, -0.2) is 4.68 Å². The summed E-state index contributed by atoms with van der Waals surface area (Å²) in [6.07, 6.45) is 1.76. The topological polar surface area (TPSA) is 101 Å². The number of nitrogens with zero attached hydrogens (tertiary/aromatic N) is 4. The van der Waals surface area contributed by atoms with Crippen LogP contribution in [0.2, 0.25) is 5.02 Å². The molecule has 0 aliphatic heterocycles. The Kier molecular flexibility index (Phi) is 4.70. The van der Waals surface area contributed by atoms with E-state index in [1.165, 1.54) is 0 Å². The normalized spacial score (nSPS) is 11.0. The Morgan fingerprint density at radius 3 is 2.89 bits per heavy atom. The Bertz CT molecular complexity index is 1160. The van der Waals surface area contributed by atoms with Crippen molar-refractivity contribution >= 4 is 40.0 Å². The zero-order chi connectivity index (χ0) is 19.7. The predicted octanol–water partition coefficient (Wildman–Crippen LogP) is 3.51. The molecule has 2 aromatic carbocycles. The number of H-pyrrole nitrogens is 1. The van der Waals surface area contributed by atoms with Crippen LogP contribution in [0.1, 0.15) is 17.3 Å². The van der Waals surface area contributed by atoms with Crippen LogP contribution < -0.4 is 10.6 Å². The molecule has 0 saturated heterocycles. The van der Waals surface area contributed by atoms with Gasteiger partial charge in [-0.1, -0.05) is 17.7 Å². The van der Waals surface area contributed by atoms with Crippen molar-refractivity contribution < 1.29 is 4.79 Å². The molecule has 0 aliphatic rings. The van der Waals surface area contributed by atoms with Crippen molar-refractivity contribution in [2.24, 2.45) is 7.05 Å². The van der Waals surface area contributed by atoms with Gasteiger partial charge in [-0.3, -0.25) is 9.89 Å². The number of amides is 1. The van der Waals surface area contributed by atoms with Gasteiger partial charge in [0, 0.05) is 30.2 Å². The third kappa shape index (κ3) is 3.41. The number of aromatic amines is 1. The third-order valence-electron chi connectivity index (χ3n) is 4.27. The van der Waals surface area contributed by atoms with Crippen molar-refractivity contribution in [3.8, 4) is 11.4 Å². The van der Waals surface area contributed by atoms with Gasteiger partial charge in [0.1, 0.15) is 0 Å². The standard InChI is InChI=1S/C19H18ClN7O/c1-3-21-18(28)14-6-4-11(9-15(14)20)17-24-19(27(2)26-17)23-13-5-7-16-12(8-13)10-22-25-16/h4-10H,3H2,1-2H3,(H,21,28)(H,22,25)(H,23,24,26). The Morgan fingerprint density at radius 2 is 2.11 bits per heavy atom. The summed E-state index contributed by atoms with van der Waals surface area (Å²) in [5.41, 5.74) is 2.99. The van der Waals surface area contributed by atoms with Crippen LogP contribution >= 0.6 is 11.6 Å². The van der Waals surface area contributed by atoms with Crippen molar-refractivity contribution in [3.63, 3.8) is 0 Å². The highest BCUT2D eigenvalue weighted by atomic mass is 35.5. The molecular weight excluding hydrogens is 378 g/mol. The number of hydrogen-bond donors (Lipinski definition) is 3. The fraction of sp³-hybridized carbons (Fsp3) is 0.158. The summed E-state index contributed by atoms with van der Waals surface area (Å²) in [4.78, 5) is 16.6. The number of carbonyl (C=O) groups is 1. The maximum absolute atomic E-state index is 12.0. The molecule has 0 saturated carbocycles. The molecule has 9 heteroatoms. The second-order valence-corrected chi connectivity index (χ2v) is 6.64. The average molecular weight is 396 g/mol. The van der Waals surface area contributed by atoms with E-state index in [2.05, 4.69) is 30.9 Å². The molecule has 3 N–H and O–H groups in total. The van der Waals surface area contributed by atoms with E-state index in [1.807, 2.05) is 25.1 Å². The van der Waals surface area contributed by atoms with Crippen LogP contribution in [0.15, 0.2) is 42.6 Å². The van der Waals surface area contributed by atoms with E-state index in [9.17, 15) is 4.79 Å². The lowest BCUT2D eigenvalue weighted by Gasteiger charge is -2.05. The molecule has 4 rings (SSSR count). The number of carbonyl (C=O) groups excluding carboxylic acids is 1. The molecule has 0 aliphatic carbocycles. The SMILES string of the molecule is CCNC(=O)c1ccc(-c2nc(Nc3ccc4[nH]ncc4c3)n(C)n2)cc1Cl. The second-order valence-electron chi connectivity index (χ2n) is 6.23. The zero-order valence-corrected chi connectivity index (χ0v) is 16.1. The van der Waals surface area contributed by atoms with Gasteiger partial charge in [0.05, 0.1) is 22.3 Å². The molecule has 1 amide bonds. The minimum Gasteiger partial charge on any atom is -0.352 e. The highest BCUT2D eigenvalue weighted by molar-refractivity contribution is 6.34. The first-order valence-corrected chi connectivity index (χ1v) is 9.12. The Balaban J connectivity index is 1.60. The molecule has 4 aromatic rings. The molecule has 0 fully saturated rings. The van der Waals surface area contributed by atoms with E-state index in [1.54, 1.807) is 36.1 Å². The van der Waals surface area contributed by atoms with Crippen molar-refractivity contribution in [3.05, 3.63) is 53.2 Å². The first-order valence-electron chi connectivity index (χ1n) is 8.74. The van der Waals surface area contributed by atoms with Crippen molar-refractivity contribution in [2.75, 3.05) is 11.9 Å². The monoisotopic (exact) mass is 395 g/mol. The Labute approximate surface area is 165 Å². The maximum Gasteiger partial charge on any atom is 0.252 e. The fourth-order valence-electron chi connectivity index (χ4n) is 2.86. The summed E-state index contributed by atoms with van der Waals surface area (Å²) in [5.74, 6) is 0.894. The molecule has 2 aromatic heterocycles. The smallest absolute Gasteiger partial charge is 0.252 e. The quantitative estimate of drug-likeness (QED) is 0.480. The van der Waals surface area contributed by atoms with Crippen LogP contribution in [0.25, 0.3) is 22.3 Å². The number of nitrogens with one attached hydrogen (secondary N) is 3. The fourth-order valence-corrected chi connectivity index (χ4v) is 3.13. The maximum atomic E-state index is 12.0. The van der Waals surface area contributed by atoms with Gasteiger partial charge >= 0.3 is 0 Å². The number of hydrogen-bond acceptors (Lipinski definition) is 5. The van der Waals surface area contributed by atoms with Gasteiger partial charge in [-0.15, -0.1) is 5.10 Å². The van der Waals surface area contributed by atoms with Crippen molar-refractivity contribution in [1.29, 1.82) is 0 Å². The predicted molar refractivity (Wildman–Crippen MR) is 109 cm³/mol. The summed E-state index contributed by atoms with van der Waals surface area (Å²) >= 11 is 6.28. The van der Waals surface area contributed by atoms with Gasteiger partial charge in [0.15, 0.2) is 5.82 Å². The van der Waals surface area contributed by atoms with E-state index in [4.69, 9.17) is 11.6 Å². The lowest BCUT2D eigenvalue weighted by atomic mass is 10.1. The third-order valence-corrected chi connectivity index (χ3v) is 4.58. The number of fused-ring (bicyclic) bond motifs is 1. The number of benzene rings is 2. The van der Waals surface area contributed by atoms with E-state index in [0.29, 0.717) is 28.9 Å². The summed E-state index contributed by atoms with van der Waals surface area (Å²) < 4.78 is 1.65. The number of aromatic nitrogens is 5. The Hall–Kier alpha value is -3.39. The number of aryl methyl sites for hydroxylation is 1. The minimum absolute atomic E-state index is 0.204. The van der Waals surface area contributed by atoms with Crippen LogP contribution in [0, 0.1) is 0 Å². The Morgan fingerprint density at radius 1 is 1.25 bits per heavy atom. The summed E-state index contributed by atoms with van der Waals surface area (Å²) in [6.45, 7) is 2.40. The molecular formula is C19H18ClN7O. The van der Waals surface area contributed by atoms with E-state index >= 15 is 0 Å². The van der Waals surface area contributed by atoms with Crippen LogP contribution in [0.4, 0.5) is 11.6 Å². The second kappa shape index (κ2) is 7.32. The summed E-state index contributed by atoms with van der Waals surface area (Å²) in [7, 11) is 1.81. The highest BCUT2D eigenvalue weighted by Gasteiger charge is 2.14. The molecule has 0 unspecified atom stereocenters. The lowest BCUT2D eigenvalue weighted by Crippen LogP contribution is -2.22.